The number of carbonyl (C=O) groups excluding carboxylic acids is 1. The number of halogens is 2. The van der Waals surface area contributed by atoms with Crippen molar-refractivity contribution < 1.29 is 13.9 Å². The molecule has 0 heterocycles. The lowest BCUT2D eigenvalue weighted by Gasteiger charge is -2.24. The number of benzene rings is 1. The first kappa shape index (κ1) is 21.6. The van der Waals surface area contributed by atoms with E-state index in [0.29, 0.717) is 18.2 Å². The number of carbonyl (C=O) groups is 1. The van der Waals surface area contributed by atoms with E-state index >= 15 is 0 Å². The molecule has 1 aromatic rings. The number of rotatable bonds is 6. The van der Waals surface area contributed by atoms with Crippen LogP contribution >= 0.6 is 24.0 Å². The Labute approximate surface area is 153 Å². The molecular formula is C15H24FIN4O2. The molecule has 1 amide bonds. The summed E-state index contributed by atoms with van der Waals surface area (Å²) in [6.45, 7) is 4.47. The van der Waals surface area contributed by atoms with Crippen LogP contribution in [-0.2, 0) is 9.53 Å². The molecular weight excluding hydrogens is 414 g/mol. The summed E-state index contributed by atoms with van der Waals surface area (Å²) in [5.41, 5.74) is 0.199. The SMILES string of the molecule is CN=C(NCC(=O)Nc1ccc(F)cc1)NCC(C)(C)OC.I. The predicted octanol–water partition coefficient (Wildman–Crippen LogP) is 1.97. The molecule has 0 radical (unpaired) electrons. The summed E-state index contributed by atoms with van der Waals surface area (Å²) in [5, 5.41) is 8.62. The Morgan fingerprint density at radius 2 is 1.87 bits per heavy atom. The minimum atomic E-state index is -0.346. The van der Waals surface area contributed by atoms with Gasteiger partial charge in [0.1, 0.15) is 5.82 Å². The molecule has 3 N–H and O–H groups in total. The van der Waals surface area contributed by atoms with Crippen molar-refractivity contribution in [1.82, 2.24) is 10.6 Å². The van der Waals surface area contributed by atoms with Gasteiger partial charge in [0.2, 0.25) is 5.91 Å². The van der Waals surface area contributed by atoms with Crippen molar-refractivity contribution in [3.8, 4) is 0 Å². The van der Waals surface area contributed by atoms with Crippen LogP contribution in [-0.4, -0.2) is 44.7 Å². The zero-order valence-corrected chi connectivity index (χ0v) is 16.1. The Hall–Kier alpha value is -1.42. The van der Waals surface area contributed by atoms with Crippen LogP contribution in [0.1, 0.15) is 13.8 Å². The number of amides is 1. The number of methoxy groups -OCH3 is 1. The summed E-state index contributed by atoms with van der Waals surface area (Å²) in [4.78, 5) is 15.8. The Bertz CT molecular complexity index is 521. The van der Waals surface area contributed by atoms with Gasteiger partial charge in [0.25, 0.3) is 0 Å². The summed E-state index contributed by atoms with van der Waals surface area (Å²) in [6.07, 6.45) is 0. The Balaban J connectivity index is 0.00000484. The third-order valence-corrected chi connectivity index (χ3v) is 3.00. The number of ether oxygens (including phenoxy) is 1. The van der Waals surface area contributed by atoms with Crippen molar-refractivity contribution in [3.63, 3.8) is 0 Å². The van der Waals surface area contributed by atoms with Crippen LogP contribution in [0.15, 0.2) is 29.3 Å². The molecule has 0 unspecified atom stereocenters. The van der Waals surface area contributed by atoms with Gasteiger partial charge in [-0.2, -0.15) is 0 Å². The second-order valence-corrected chi connectivity index (χ2v) is 5.30. The average molecular weight is 438 g/mol. The Morgan fingerprint density at radius 1 is 1.26 bits per heavy atom. The van der Waals surface area contributed by atoms with E-state index in [2.05, 4.69) is 20.9 Å². The number of nitrogens with zero attached hydrogens (tertiary/aromatic N) is 1. The van der Waals surface area contributed by atoms with Crippen LogP contribution in [0.4, 0.5) is 10.1 Å². The number of aliphatic imine (C=N–C) groups is 1. The number of hydrogen-bond acceptors (Lipinski definition) is 3. The van der Waals surface area contributed by atoms with Gasteiger partial charge in [-0.3, -0.25) is 9.79 Å². The molecule has 0 saturated carbocycles. The summed E-state index contributed by atoms with van der Waals surface area (Å²) in [5.74, 6) is -0.0959. The van der Waals surface area contributed by atoms with Crippen molar-refractivity contribution >= 4 is 41.5 Å². The van der Waals surface area contributed by atoms with Crippen LogP contribution in [0.3, 0.4) is 0 Å². The van der Waals surface area contributed by atoms with Gasteiger partial charge < -0.3 is 20.7 Å². The maximum Gasteiger partial charge on any atom is 0.243 e. The number of anilines is 1. The predicted molar refractivity (Wildman–Crippen MR) is 101 cm³/mol. The second kappa shape index (κ2) is 10.4. The van der Waals surface area contributed by atoms with E-state index in [1.165, 1.54) is 24.3 Å². The lowest BCUT2D eigenvalue weighted by molar-refractivity contribution is -0.115. The molecule has 0 aliphatic carbocycles. The van der Waals surface area contributed by atoms with E-state index < -0.39 is 0 Å². The summed E-state index contributed by atoms with van der Waals surface area (Å²) < 4.78 is 18.1. The standard InChI is InChI=1S/C15H23FN4O2.HI/c1-15(2,22-4)10-19-14(17-3)18-9-13(21)20-12-7-5-11(16)6-8-12;/h5-8H,9-10H2,1-4H3,(H,20,21)(H2,17,18,19);1H. The highest BCUT2D eigenvalue weighted by molar-refractivity contribution is 14.0. The van der Waals surface area contributed by atoms with Gasteiger partial charge in [-0.1, -0.05) is 0 Å². The largest absolute Gasteiger partial charge is 0.377 e. The summed E-state index contributed by atoms with van der Waals surface area (Å²) in [7, 11) is 3.25. The fourth-order valence-electron chi connectivity index (χ4n) is 1.49. The van der Waals surface area contributed by atoms with Gasteiger partial charge in [-0.15, -0.1) is 24.0 Å². The van der Waals surface area contributed by atoms with Crippen LogP contribution in [0.5, 0.6) is 0 Å². The van der Waals surface area contributed by atoms with Crippen LogP contribution in [0.2, 0.25) is 0 Å². The van der Waals surface area contributed by atoms with E-state index in [0.717, 1.165) is 0 Å². The molecule has 6 nitrogen and oxygen atoms in total. The number of hydrogen-bond donors (Lipinski definition) is 3. The second-order valence-electron chi connectivity index (χ2n) is 5.30. The fraction of sp³-hybridized carbons (Fsp3) is 0.467. The topological polar surface area (TPSA) is 74.8 Å². The highest BCUT2D eigenvalue weighted by Crippen LogP contribution is 2.07. The molecule has 0 atom stereocenters. The first-order chi connectivity index (χ1) is 10.4. The van der Waals surface area contributed by atoms with E-state index in [1.807, 2.05) is 13.8 Å². The van der Waals surface area contributed by atoms with Crippen molar-refractivity contribution in [2.75, 3.05) is 32.6 Å². The van der Waals surface area contributed by atoms with Crippen molar-refractivity contribution in [2.45, 2.75) is 19.4 Å². The maximum atomic E-state index is 12.8. The molecule has 8 heteroatoms. The quantitative estimate of drug-likeness (QED) is 0.361. The third kappa shape index (κ3) is 8.70. The van der Waals surface area contributed by atoms with Crippen molar-refractivity contribution in [2.24, 2.45) is 4.99 Å². The zero-order valence-electron chi connectivity index (χ0n) is 13.8. The van der Waals surface area contributed by atoms with Crippen molar-refractivity contribution in [1.29, 1.82) is 0 Å². The number of guanidine groups is 1. The third-order valence-electron chi connectivity index (χ3n) is 3.00. The van der Waals surface area contributed by atoms with Crippen LogP contribution in [0, 0.1) is 5.82 Å². The van der Waals surface area contributed by atoms with E-state index in [4.69, 9.17) is 4.74 Å². The summed E-state index contributed by atoms with van der Waals surface area (Å²) >= 11 is 0. The minimum absolute atomic E-state index is 0. The molecule has 130 valence electrons. The van der Waals surface area contributed by atoms with Crippen LogP contribution < -0.4 is 16.0 Å². The van der Waals surface area contributed by atoms with Gasteiger partial charge in [0.05, 0.1) is 12.1 Å². The molecule has 0 bridgehead atoms. The lowest BCUT2D eigenvalue weighted by atomic mass is 10.1. The molecule has 1 aromatic carbocycles. The minimum Gasteiger partial charge on any atom is -0.377 e. The van der Waals surface area contributed by atoms with Crippen LogP contribution in [0.25, 0.3) is 0 Å². The smallest absolute Gasteiger partial charge is 0.243 e. The number of nitrogens with one attached hydrogen (secondary N) is 3. The maximum absolute atomic E-state index is 12.8. The first-order valence-corrected chi connectivity index (χ1v) is 6.91. The molecule has 0 saturated heterocycles. The highest BCUT2D eigenvalue weighted by atomic mass is 127. The molecule has 0 aliphatic rings. The fourth-order valence-corrected chi connectivity index (χ4v) is 1.49. The molecule has 0 fully saturated rings. The average Bonchev–Trinajstić information content (AvgIpc) is 2.50. The van der Waals surface area contributed by atoms with Gasteiger partial charge in [0.15, 0.2) is 5.96 Å². The zero-order chi connectivity index (χ0) is 16.6. The molecule has 0 aliphatic heterocycles. The van der Waals surface area contributed by atoms with E-state index in [-0.39, 0.29) is 47.8 Å². The van der Waals surface area contributed by atoms with Gasteiger partial charge >= 0.3 is 0 Å². The monoisotopic (exact) mass is 438 g/mol. The molecule has 0 spiro atoms. The molecule has 0 aromatic heterocycles. The van der Waals surface area contributed by atoms with Crippen molar-refractivity contribution in [3.05, 3.63) is 30.1 Å². The van der Waals surface area contributed by atoms with E-state index in [9.17, 15) is 9.18 Å². The first-order valence-electron chi connectivity index (χ1n) is 6.91. The van der Waals surface area contributed by atoms with Gasteiger partial charge in [0, 0.05) is 26.4 Å². The van der Waals surface area contributed by atoms with Gasteiger partial charge in [-0.25, -0.2) is 4.39 Å². The molecule has 1 rings (SSSR count). The Morgan fingerprint density at radius 3 is 2.39 bits per heavy atom. The summed E-state index contributed by atoms with van der Waals surface area (Å²) in [6, 6.07) is 5.58. The molecule has 23 heavy (non-hydrogen) atoms. The Kier molecular flexibility index (Phi) is 9.73. The van der Waals surface area contributed by atoms with E-state index in [1.54, 1.807) is 14.2 Å². The lowest BCUT2D eigenvalue weighted by Crippen LogP contribution is -2.47. The highest BCUT2D eigenvalue weighted by Gasteiger charge is 2.16. The normalized spacial score (nSPS) is 11.4. The van der Waals surface area contributed by atoms with Gasteiger partial charge in [-0.05, 0) is 38.1 Å².